The van der Waals surface area contributed by atoms with Gasteiger partial charge in [0, 0.05) is 24.1 Å². The van der Waals surface area contributed by atoms with E-state index in [-0.39, 0.29) is 11.9 Å². The fourth-order valence-corrected chi connectivity index (χ4v) is 4.41. The van der Waals surface area contributed by atoms with Crippen LogP contribution in [-0.2, 0) is 6.42 Å². The SMILES string of the molecule is COc1ccc2c(c1)C1CCN(C(=O)c3ccc4nc[nH]c4c3)C1C2. The number of imidazole rings is 1. The van der Waals surface area contributed by atoms with Crippen molar-refractivity contribution in [3.63, 3.8) is 0 Å². The van der Waals surface area contributed by atoms with Crippen molar-refractivity contribution in [3.05, 3.63) is 59.4 Å². The van der Waals surface area contributed by atoms with Crippen molar-refractivity contribution in [2.24, 2.45) is 0 Å². The van der Waals surface area contributed by atoms with Gasteiger partial charge in [0.25, 0.3) is 5.91 Å². The van der Waals surface area contributed by atoms with Gasteiger partial charge in [-0.1, -0.05) is 6.07 Å². The summed E-state index contributed by atoms with van der Waals surface area (Å²) in [4.78, 5) is 22.5. The Morgan fingerprint density at radius 2 is 2.20 bits per heavy atom. The zero-order valence-electron chi connectivity index (χ0n) is 14.0. The summed E-state index contributed by atoms with van der Waals surface area (Å²) in [6, 6.07) is 12.2. The van der Waals surface area contributed by atoms with Gasteiger partial charge >= 0.3 is 0 Å². The first-order chi connectivity index (χ1) is 12.2. The number of carbonyl (C=O) groups excluding carboxylic acids is 1. The Morgan fingerprint density at radius 3 is 3.08 bits per heavy atom. The van der Waals surface area contributed by atoms with Gasteiger partial charge in [-0.3, -0.25) is 4.79 Å². The van der Waals surface area contributed by atoms with Crippen molar-refractivity contribution in [2.45, 2.75) is 24.8 Å². The summed E-state index contributed by atoms with van der Waals surface area (Å²) in [5.41, 5.74) is 5.21. The van der Waals surface area contributed by atoms with Crippen LogP contribution < -0.4 is 4.74 Å². The molecule has 0 bridgehead atoms. The average Bonchev–Trinajstić information content (AvgIpc) is 3.34. The van der Waals surface area contributed by atoms with Gasteiger partial charge in [-0.25, -0.2) is 4.98 Å². The van der Waals surface area contributed by atoms with E-state index in [0.717, 1.165) is 41.7 Å². The van der Waals surface area contributed by atoms with Gasteiger partial charge in [-0.15, -0.1) is 0 Å². The molecule has 1 fully saturated rings. The summed E-state index contributed by atoms with van der Waals surface area (Å²) in [7, 11) is 1.70. The Morgan fingerprint density at radius 1 is 1.28 bits per heavy atom. The molecule has 2 heterocycles. The fourth-order valence-electron chi connectivity index (χ4n) is 4.41. The molecule has 5 rings (SSSR count). The maximum Gasteiger partial charge on any atom is 0.254 e. The molecule has 1 aliphatic heterocycles. The monoisotopic (exact) mass is 333 g/mol. The number of rotatable bonds is 2. The van der Waals surface area contributed by atoms with E-state index in [1.165, 1.54) is 11.1 Å². The molecule has 5 heteroatoms. The van der Waals surface area contributed by atoms with E-state index in [0.29, 0.717) is 5.92 Å². The van der Waals surface area contributed by atoms with E-state index in [1.54, 1.807) is 13.4 Å². The molecule has 1 aliphatic carbocycles. The minimum atomic E-state index is 0.115. The van der Waals surface area contributed by atoms with Gasteiger partial charge in [-0.05, 0) is 54.3 Å². The van der Waals surface area contributed by atoms with Gasteiger partial charge in [0.05, 0.1) is 24.5 Å². The van der Waals surface area contributed by atoms with Crippen molar-refractivity contribution >= 4 is 16.9 Å². The summed E-state index contributed by atoms with van der Waals surface area (Å²) >= 11 is 0. The third kappa shape index (κ3) is 2.15. The number of aromatic nitrogens is 2. The molecule has 0 saturated carbocycles. The quantitative estimate of drug-likeness (QED) is 0.784. The van der Waals surface area contributed by atoms with Gasteiger partial charge in [-0.2, -0.15) is 0 Å². The van der Waals surface area contributed by atoms with Crippen LogP contribution in [0.4, 0.5) is 0 Å². The van der Waals surface area contributed by atoms with Crippen LogP contribution in [0.1, 0.15) is 33.8 Å². The number of nitrogens with one attached hydrogen (secondary N) is 1. The number of nitrogens with zero attached hydrogens (tertiary/aromatic N) is 2. The number of likely N-dealkylation sites (tertiary alicyclic amines) is 1. The Balaban J connectivity index is 1.45. The summed E-state index contributed by atoms with van der Waals surface area (Å²) in [6.07, 6.45) is 3.61. The van der Waals surface area contributed by atoms with Crippen molar-refractivity contribution in [2.75, 3.05) is 13.7 Å². The highest BCUT2D eigenvalue weighted by molar-refractivity contribution is 5.97. The Labute approximate surface area is 145 Å². The molecule has 1 aromatic heterocycles. The second-order valence-electron chi connectivity index (χ2n) is 6.86. The Hall–Kier alpha value is -2.82. The fraction of sp³-hybridized carbons (Fsp3) is 0.300. The molecule has 1 saturated heterocycles. The zero-order chi connectivity index (χ0) is 17.0. The number of hydrogen-bond acceptors (Lipinski definition) is 3. The Kier molecular flexibility index (Phi) is 3.10. The van der Waals surface area contributed by atoms with E-state index in [9.17, 15) is 4.79 Å². The lowest BCUT2D eigenvalue weighted by Crippen LogP contribution is -2.36. The van der Waals surface area contributed by atoms with Crippen molar-refractivity contribution in [1.29, 1.82) is 0 Å². The average molecular weight is 333 g/mol. The topological polar surface area (TPSA) is 58.2 Å². The lowest BCUT2D eigenvalue weighted by molar-refractivity contribution is 0.0736. The lowest BCUT2D eigenvalue weighted by atomic mass is 9.98. The van der Waals surface area contributed by atoms with Crippen LogP contribution >= 0.6 is 0 Å². The van der Waals surface area contributed by atoms with Crippen molar-refractivity contribution in [1.82, 2.24) is 14.9 Å². The van der Waals surface area contributed by atoms with E-state index >= 15 is 0 Å². The molecule has 25 heavy (non-hydrogen) atoms. The number of methoxy groups -OCH3 is 1. The van der Waals surface area contributed by atoms with Crippen molar-refractivity contribution in [3.8, 4) is 5.75 Å². The van der Waals surface area contributed by atoms with E-state index in [1.807, 2.05) is 24.3 Å². The molecule has 3 aromatic rings. The second-order valence-corrected chi connectivity index (χ2v) is 6.86. The number of aromatic amines is 1. The first kappa shape index (κ1) is 14.5. The van der Waals surface area contributed by atoms with Crippen molar-refractivity contribution < 1.29 is 9.53 Å². The normalized spacial score (nSPS) is 21.4. The van der Waals surface area contributed by atoms with Crippen LogP contribution in [0.25, 0.3) is 11.0 Å². The summed E-state index contributed by atoms with van der Waals surface area (Å²) in [5, 5.41) is 0. The number of H-pyrrole nitrogens is 1. The molecule has 2 aliphatic rings. The maximum atomic E-state index is 13.1. The van der Waals surface area contributed by atoms with Gasteiger partial charge < -0.3 is 14.6 Å². The molecular formula is C20H19N3O2. The zero-order valence-corrected chi connectivity index (χ0v) is 14.0. The van der Waals surface area contributed by atoms with Crippen LogP contribution in [-0.4, -0.2) is 40.5 Å². The second kappa shape index (κ2) is 5.34. The highest BCUT2D eigenvalue weighted by atomic mass is 16.5. The highest BCUT2D eigenvalue weighted by Crippen LogP contribution is 2.44. The van der Waals surface area contributed by atoms with Crippen LogP contribution in [0.5, 0.6) is 5.75 Å². The highest BCUT2D eigenvalue weighted by Gasteiger charge is 2.43. The van der Waals surface area contributed by atoms with Crippen LogP contribution in [0.15, 0.2) is 42.7 Å². The number of ether oxygens (including phenoxy) is 1. The minimum absolute atomic E-state index is 0.115. The first-order valence-corrected chi connectivity index (χ1v) is 8.65. The predicted octanol–water partition coefficient (Wildman–Crippen LogP) is 3.13. The molecule has 1 amide bonds. The lowest BCUT2D eigenvalue weighted by Gasteiger charge is -2.24. The van der Waals surface area contributed by atoms with Crippen LogP contribution in [0.2, 0.25) is 0 Å². The number of benzene rings is 2. The first-order valence-electron chi connectivity index (χ1n) is 8.65. The van der Waals surface area contributed by atoms with E-state index in [2.05, 4.69) is 27.0 Å². The van der Waals surface area contributed by atoms with Crippen LogP contribution in [0, 0.1) is 0 Å². The van der Waals surface area contributed by atoms with E-state index < -0.39 is 0 Å². The third-order valence-electron chi connectivity index (χ3n) is 5.66. The molecule has 0 radical (unpaired) electrons. The molecule has 2 unspecified atom stereocenters. The number of hydrogen-bond donors (Lipinski definition) is 1. The van der Waals surface area contributed by atoms with E-state index in [4.69, 9.17) is 4.74 Å². The molecule has 0 spiro atoms. The number of carbonyl (C=O) groups is 1. The summed E-state index contributed by atoms with van der Waals surface area (Å²) in [6.45, 7) is 0.811. The van der Waals surface area contributed by atoms with Gasteiger partial charge in [0.2, 0.25) is 0 Å². The summed E-state index contributed by atoms with van der Waals surface area (Å²) < 4.78 is 5.37. The minimum Gasteiger partial charge on any atom is -0.497 e. The smallest absolute Gasteiger partial charge is 0.254 e. The number of fused-ring (bicyclic) bond motifs is 4. The predicted molar refractivity (Wildman–Crippen MR) is 95.0 cm³/mol. The molecule has 5 nitrogen and oxygen atoms in total. The molecule has 1 N–H and O–H groups in total. The Bertz CT molecular complexity index is 978. The maximum absolute atomic E-state index is 13.1. The molecular weight excluding hydrogens is 314 g/mol. The largest absolute Gasteiger partial charge is 0.497 e. The van der Waals surface area contributed by atoms with Crippen LogP contribution in [0.3, 0.4) is 0 Å². The van der Waals surface area contributed by atoms with Gasteiger partial charge in [0.15, 0.2) is 0 Å². The number of amides is 1. The molecule has 2 atom stereocenters. The standard InChI is InChI=1S/C20H19N3O2/c1-25-14-4-2-12-9-19-15(16(12)10-14)6-7-23(19)20(24)13-3-5-17-18(8-13)22-11-21-17/h2-5,8,10-11,15,19H,6-7,9H2,1H3,(H,21,22). The third-order valence-corrected chi connectivity index (χ3v) is 5.66. The summed E-state index contributed by atoms with van der Waals surface area (Å²) in [5.74, 6) is 1.43. The molecule has 2 aromatic carbocycles. The molecule has 126 valence electrons. The van der Waals surface area contributed by atoms with Gasteiger partial charge in [0.1, 0.15) is 5.75 Å².